The lowest BCUT2D eigenvalue weighted by molar-refractivity contribution is 0.172. The maximum atomic E-state index is 5.37. The summed E-state index contributed by atoms with van der Waals surface area (Å²) in [6.45, 7) is 5.12. The average Bonchev–Trinajstić information content (AvgIpc) is 3.36. The molecule has 1 saturated carbocycles. The Morgan fingerprint density at radius 3 is 3.08 bits per heavy atom. The zero-order valence-corrected chi connectivity index (χ0v) is 14.2. The molecule has 6 heteroatoms. The maximum Gasteiger partial charge on any atom is 0.229 e. The summed E-state index contributed by atoms with van der Waals surface area (Å²) >= 11 is 0. The molecule has 2 fully saturated rings. The third-order valence-electron chi connectivity index (χ3n) is 4.95. The quantitative estimate of drug-likeness (QED) is 0.880. The molecule has 0 aromatic carbocycles. The first-order valence-corrected chi connectivity index (χ1v) is 8.99. The van der Waals surface area contributed by atoms with E-state index in [9.17, 15) is 0 Å². The van der Waals surface area contributed by atoms with Gasteiger partial charge >= 0.3 is 0 Å². The van der Waals surface area contributed by atoms with Crippen molar-refractivity contribution in [3.8, 4) is 0 Å². The van der Waals surface area contributed by atoms with Crippen molar-refractivity contribution in [2.45, 2.75) is 57.2 Å². The lowest BCUT2D eigenvalue weighted by atomic mass is 10.0. The number of rotatable bonds is 6. The van der Waals surface area contributed by atoms with Gasteiger partial charge in [0.25, 0.3) is 0 Å². The molecule has 2 aromatic heterocycles. The summed E-state index contributed by atoms with van der Waals surface area (Å²) in [5.41, 5.74) is 1.24. The van der Waals surface area contributed by atoms with E-state index in [-0.39, 0.29) is 0 Å². The van der Waals surface area contributed by atoms with Crippen LogP contribution in [-0.4, -0.2) is 39.2 Å². The van der Waals surface area contributed by atoms with Crippen LogP contribution in [0.3, 0.4) is 0 Å². The maximum absolute atomic E-state index is 5.37. The molecule has 0 unspecified atom stereocenters. The third kappa shape index (κ3) is 3.82. The van der Waals surface area contributed by atoms with Gasteiger partial charge in [0.2, 0.25) is 5.89 Å². The highest BCUT2D eigenvalue weighted by Crippen LogP contribution is 2.38. The number of likely N-dealkylation sites (tertiary alicyclic amines) is 1. The highest BCUT2D eigenvalue weighted by atomic mass is 16.5. The molecule has 4 rings (SSSR count). The van der Waals surface area contributed by atoms with Crippen LogP contribution in [-0.2, 0) is 6.54 Å². The van der Waals surface area contributed by atoms with E-state index in [0.29, 0.717) is 18.0 Å². The number of hydrogen-bond acceptors (Lipinski definition) is 6. The molecule has 2 aromatic rings. The standard InChI is InChI=1S/C18H25N5O/c1-13(15-4-2-8-19-10-15)20-16-5-3-9-23(11-16)12-17-21-18(24-22-17)14-6-7-14/h2,4,8,10,13-14,16,20H,3,5-7,9,11-12H2,1H3/t13-,16+/m1/s1. The molecule has 1 aliphatic carbocycles. The Morgan fingerprint density at radius 2 is 2.29 bits per heavy atom. The van der Waals surface area contributed by atoms with Gasteiger partial charge in [-0.2, -0.15) is 4.98 Å². The fourth-order valence-corrected chi connectivity index (χ4v) is 3.44. The van der Waals surface area contributed by atoms with Crippen molar-refractivity contribution in [2.75, 3.05) is 13.1 Å². The summed E-state index contributed by atoms with van der Waals surface area (Å²) in [5.74, 6) is 2.20. The molecular formula is C18H25N5O. The lowest BCUT2D eigenvalue weighted by Gasteiger charge is -2.34. The van der Waals surface area contributed by atoms with Crippen molar-refractivity contribution in [1.82, 2.24) is 25.3 Å². The van der Waals surface area contributed by atoms with Crippen LogP contribution in [0.15, 0.2) is 29.0 Å². The van der Waals surface area contributed by atoms with Crippen LogP contribution in [0.5, 0.6) is 0 Å². The van der Waals surface area contributed by atoms with E-state index < -0.39 is 0 Å². The van der Waals surface area contributed by atoms with Gasteiger partial charge < -0.3 is 9.84 Å². The third-order valence-corrected chi connectivity index (χ3v) is 4.95. The molecule has 3 heterocycles. The van der Waals surface area contributed by atoms with Gasteiger partial charge in [-0.15, -0.1) is 0 Å². The van der Waals surface area contributed by atoms with Crippen molar-refractivity contribution in [1.29, 1.82) is 0 Å². The molecule has 0 radical (unpaired) electrons. The Morgan fingerprint density at radius 1 is 1.38 bits per heavy atom. The molecule has 6 nitrogen and oxygen atoms in total. The zero-order chi connectivity index (χ0) is 16.4. The zero-order valence-electron chi connectivity index (χ0n) is 14.2. The monoisotopic (exact) mass is 327 g/mol. The Hall–Kier alpha value is -1.79. The molecule has 2 aliphatic rings. The first kappa shape index (κ1) is 15.7. The van der Waals surface area contributed by atoms with E-state index in [1.165, 1.54) is 31.2 Å². The molecule has 1 aliphatic heterocycles. The van der Waals surface area contributed by atoms with Crippen molar-refractivity contribution < 1.29 is 4.52 Å². The van der Waals surface area contributed by atoms with Crippen LogP contribution in [0.25, 0.3) is 0 Å². The molecule has 2 atom stereocenters. The van der Waals surface area contributed by atoms with Crippen LogP contribution in [0.1, 0.15) is 61.8 Å². The summed E-state index contributed by atoms with van der Waals surface area (Å²) in [6.07, 6.45) is 8.56. The molecule has 0 bridgehead atoms. The second-order valence-electron chi connectivity index (χ2n) is 7.07. The Labute approximate surface area is 142 Å². The highest BCUT2D eigenvalue weighted by Gasteiger charge is 2.30. The fourth-order valence-electron chi connectivity index (χ4n) is 3.44. The normalized spacial score (nSPS) is 23.3. The number of hydrogen-bond donors (Lipinski definition) is 1. The average molecular weight is 327 g/mol. The summed E-state index contributed by atoms with van der Waals surface area (Å²) in [7, 11) is 0. The summed E-state index contributed by atoms with van der Waals surface area (Å²) in [5, 5.41) is 7.89. The lowest BCUT2D eigenvalue weighted by Crippen LogP contribution is -2.46. The van der Waals surface area contributed by atoms with Gasteiger partial charge in [-0.1, -0.05) is 11.2 Å². The van der Waals surface area contributed by atoms with E-state index in [0.717, 1.165) is 31.3 Å². The van der Waals surface area contributed by atoms with E-state index in [2.05, 4.69) is 38.3 Å². The Kier molecular flexibility index (Phi) is 4.58. The number of piperidine rings is 1. The molecule has 1 N–H and O–H groups in total. The van der Waals surface area contributed by atoms with Crippen LogP contribution in [0, 0.1) is 0 Å². The van der Waals surface area contributed by atoms with Crippen molar-refractivity contribution in [3.63, 3.8) is 0 Å². The van der Waals surface area contributed by atoms with Gasteiger partial charge in [-0.3, -0.25) is 9.88 Å². The predicted octanol–water partition coefficient (Wildman–Crippen LogP) is 2.66. The van der Waals surface area contributed by atoms with Crippen LogP contribution >= 0.6 is 0 Å². The van der Waals surface area contributed by atoms with Gasteiger partial charge in [0.05, 0.1) is 6.54 Å². The SMILES string of the molecule is C[C@@H](N[C@H]1CCCN(Cc2noc(C3CC3)n2)C1)c1cccnc1. The van der Waals surface area contributed by atoms with Gasteiger partial charge in [-0.25, -0.2) is 0 Å². The number of nitrogens with one attached hydrogen (secondary N) is 1. The number of pyridine rings is 1. The van der Waals surface area contributed by atoms with Crippen molar-refractivity contribution in [2.24, 2.45) is 0 Å². The van der Waals surface area contributed by atoms with Crippen LogP contribution in [0.4, 0.5) is 0 Å². The van der Waals surface area contributed by atoms with E-state index in [1.807, 2.05) is 18.5 Å². The van der Waals surface area contributed by atoms with Crippen LogP contribution < -0.4 is 5.32 Å². The smallest absolute Gasteiger partial charge is 0.229 e. The Balaban J connectivity index is 1.31. The molecule has 0 spiro atoms. The fraction of sp³-hybridized carbons (Fsp3) is 0.611. The summed E-state index contributed by atoms with van der Waals surface area (Å²) in [4.78, 5) is 11.2. The van der Waals surface area contributed by atoms with E-state index >= 15 is 0 Å². The van der Waals surface area contributed by atoms with E-state index in [1.54, 1.807) is 0 Å². The largest absolute Gasteiger partial charge is 0.339 e. The van der Waals surface area contributed by atoms with E-state index in [4.69, 9.17) is 4.52 Å². The van der Waals surface area contributed by atoms with Gasteiger partial charge in [0.15, 0.2) is 5.82 Å². The van der Waals surface area contributed by atoms with Crippen LogP contribution in [0.2, 0.25) is 0 Å². The van der Waals surface area contributed by atoms with Gasteiger partial charge in [0, 0.05) is 36.9 Å². The Bertz CT molecular complexity index is 654. The van der Waals surface area contributed by atoms with Crippen molar-refractivity contribution >= 4 is 0 Å². The first-order chi connectivity index (χ1) is 11.8. The topological polar surface area (TPSA) is 67.1 Å². The van der Waals surface area contributed by atoms with Gasteiger partial charge in [-0.05, 0) is 50.8 Å². The first-order valence-electron chi connectivity index (χ1n) is 8.99. The highest BCUT2D eigenvalue weighted by molar-refractivity contribution is 5.13. The summed E-state index contributed by atoms with van der Waals surface area (Å²) in [6, 6.07) is 4.93. The minimum Gasteiger partial charge on any atom is -0.339 e. The number of nitrogens with zero attached hydrogens (tertiary/aromatic N) is 4. The summed E-state index contributed by atoms with van der Waals surface area (Å²) < 4.78 is 5.37. The number of aromatic nitrogens is 3. The van der Waals surface area contributed by atoms with Crippen molar-refractivity contribution in [3.05, 3.63) is 41.8 Å². The second kappa shape index (κ2) is 6.99. The second-order valence-corrected chi connectivity index (χ2v) is 7.07. The minimum absolute atomic E-state index is 0.315. The predicted molar refractivity (Wildman–Crippen MR) is 90.4 cm³/mol. The minimum atomic E-state index is 0.315. The molecule has 0 amide bonds. The molecular weight excluding hydrogens is 302 g/mol. The molecule has 24 heavy (non-hydrogen) atoms. The van der Waals surface area contributed by atoms with Gasteiger partial charge in [0.1, 0.15) is 0 Å². The molecule has 1 saturated heterocycles. The molecule has 128 valence electrons.